The Labute approximate surface area is 148 Å². The van der Waals surface area contributed by atoms with Gasteiger partial charge in [0.2, 0.25) is 0 Å². The summed E-state index contributed by atoms with van der Waals surface area (Å²) < 4.78 is 0. The van der Waals surface area contributed by atoms with E-state index in [-0.39, 0.29) is 0 Å². The van der Waals surface area contributed by atoms with Gasteiger partial charge in [-0.05, 0) is 73.5 Å². The number of benzene rings is 1. The molecule has 0 amide bonds. The molecule has 2 saturated carbocycles. The molecule has 0 aromatic heterocycles. The van der Waals surface area contributed by atoms with Gasteiger partial charge in [0.05, 0.1) is 0 Å². The normalized spacial score (nSPS) is 31.9. The highest BCUT2D eigenvalue weighted by Gasteiger charge is 2.27. The maximum atomic E-state index is 6.01. The third-order valence-electron chi connectivity index (χ3n) is 6.52. The van der Waals surface area contributed by atoms with Crippen molar-refractivity contribution in [1.29, 1.82) is 0 Å². The Balaban J connectivity index is 1.40. The van der Waals surface area contributed by atoms with Gasteiger partial charge in [-0.2, -0.15) is 0 Å². The topological polar surface area (TPSA) is 0 Å². The molecule has 0 radical (unpaired) electrons. The lowest BCUT2D eigenvalue weighted by Crippen LogP contribution is -2.20. The van der Waals surface area contributed by atoms with Crippen molar-refractivity contribution in [3.8, 4) is 0 Å². The average Bonchev–Trinajstić information content (AvgIpc) is 2.58. The van der Waals surface area contributed by atoms with E-state index in [1.165, 1.54) is 76.2 Å². The summed E-state index contributed by atoms with van der Waals surface area (Å²) in [7, 11) is 0. The first-order chi connectivity index (χ1) is 11.2. The van der Waals surface area contributed by atoms with Gasteiger partial charge in [0.15, 0.2) is 0 Å². The van der Waals surface area contributed by atoms with Crippen molar-refractivity contribution in [1.82, 2.24) is 0 Å². The van der Waals surface area contributed by atoms with Gasteiger partial charge < -0.3 is 0 Å². The van der Waals surface area contributed by atoms with Crippen molar-refractivity contribution in [2.45, 2.75) is 83.5 Å². The van der Waals surface area contributed by atoms with Crippen LogP contribution in [0.5, 0.6) is 0 Å². The summed E-state index contributed by atoms with van der Waals surface area (Å²) >= 11 is 6.01. The van der Waals surface area contributed by atoms with Gasteiger partial charge in [-0.1, -0.05) is 69.2 Å². The van der Waals surface area contributed by atoms with Crippen LogP contribution in [0.25, 0.3) is 0 Å². The van der Waals surface area contributed by atoms with Crippen molar-refractivity contribution >= 4 is 11.6 Å². The lowest BCUT2D eigenvalue weighted by Gasteiger charge is -2.34. The molecule has 3 rings (SSSR count). The summed E-state index contributed by atoms with van der Waals surface area (Å²) in [4.78, 5) is 0. The van der Waals surface area contributed by atoms with Gasteiger partial charge in [0.1, 0.15) is 0 Å². The van der Waals surface area contributed by atoms with Crippen LogP contribution in [0.3, 0.4) is 0 Å². The van der Waals surface area contributed by atoms with Crippen LogP contribution in [0.2, 0.25) is 5.02 Å². The van der Waals surface area contributed by atoms with E-state index in [0.29, 0.717) is 0 Å². The van der Waals surface area contributed by atoms with Crippen LogP contribution in [0.1, 0.15) is 89.0 Å². The molecular formula is C22H33Cl. The summed E-state index contributed by atoms with van der Waals surface area (Å²) in [6.45, 7) is 2.34. The van der Waals surface area contributed by atoms with Gasteiger partial charge in [-0.15, -0.1) is 0 Å². The smallest absolute Gasteiger partial charge is 0.0406 e. The predicted octanol–water partition coefficient (Wildman–Crippen LogP) is 7.61. The van der Waals surface area contributed by atoms with E-state index in [1.807, 2.05) is 0 Å². The van der Waals surface area contributed by atoms with Crippen LogP contribution in [-0.4, -0.2) is 0 Å². The Morgan fingerprint density at radius 2 is 1.30 bits per heavy atom. The largest absolute Gasteiger partial charge is 0.0843 e. The van der Waals surface area contributed by atoms with Crippen LogP contribution >= 0.6 is 11.6 Å². The molecule has 128 valence electrons. The molecule has 0 saturated heterocycles. The molecule has 0 bridgehead atoms. The van der Waals surface area contributed by atoms with Crippen LogP contribution in [0.15, 0.2) is 24.3 Å². The van der Waals surface area contributed by atoms with Gasteiger partial charge in [0.25, 0.3) is 0 Å². The van der Waals surface area contributed by atoms with Crippen molar-refractivity contribution < 1.29 is 0 Å². The Morgan fingerprint density at radius 1 is 0.783 bits per heavy atom. The third-order valence-corrected chi connectivity index (χ3v) is 6.77. The van der Waals surface area contributed by atoms with Gasteiger partial charge in [-0.25, -0.2) is 0 Å². The number of rotatable bonds is 5. The molecule has 0 spiro atoms. The zero-order valence-electron chi connectivity index (χ0n) is 14.8. The molecule has 2 fully saturated rings. The Kier molecular flexibility index (Phi) is 6.45. The Bertz CT molecular complexity index is 447. The van der Waals surface area contributed by atoms with Crippen LogP contribution < -0.4 is 0 Å². The van der Waals surface area contributed by atoms with E-state index < -0.39 is 0 Å². The number of hydrogen-bond donors (Lipinski definition) is 0. The monoisotopic (exact) mass is 332 g/mol. The fourth-order valence-electron chi connectivity index (χ4n) is 5.10. The van der Waals surface area contributed by atoms with Crippen LogP contribution in [-0.2, 0) is 0 Å². The van der Waals surface area contributed by atoms with E-state index in [4.69, 9.17) is 11.6 Å². The Morgan fingerprint density at radius 3 is 1.87 bits per heavy atom. The standard InChI is InChI=1S/C22H33Cl/c1-2-3-17-4-6-18(7-5-17)16-19-8-10-20(11-9-19)21-12-14-22(23)15-13-21/h12-15,17-20H,2-11,16H2,1H3. The summed E-state index contributed by atoms with van der Waals surface area (Å²) in [5.41, 5.74) is 1.51. The first-order valence-corrected chi connectivity index (χ1v) is 10.4. The van der Waals surface area contributed by atoms with Crippen molar-refractivity contribution in [2.24, 2.45) is 17.8 Å². The van der Waals surface area contributed by atoms with E-state index in [1.54, 1.807) is 0 Å². The fraction of sp³-hybridized carbons (Fsp3) is 0.727. The minimum absolute atomic E-state index is 0.781. The van der Waals surface area contributed by atoms with Crippen LogP contribution in [0.4, 0.5) is 0 Å². The molecule has 0 heterocycles. The van der Waals surface area contributed by atoms with E-state index in [2.05, 4.69) is 31.2 Å². The summed E-state index contributed by atoms with van der Waals surface area (Å²) in [6, 6.07) is 8.58. The zero-order valence-corrected chi connectivity index (χ0v) is 15.5. The molecule has 0 N–H and O–H groups in total. The van der Waals surface area contributed by atoms with Crippen molar-refractivity contribution in [2.75, 3.05) is 0 Å². The second-order valence-corrected chi connectivity index (χ2v) is 8.62. The molecule has 23 heavy (non-hydrogen) atoms. The Hall–Kier alpha value is -0.490. The predicted molar refractivity (Wildman–Crippen MR) is 101 cm³/mol. The highest BCUT2D eigenvalue weighted by Crippen LogP contribution is 2.41. The maximum absolute atomic E-state index is 6.01. The molecule has 2 aliphatic rings. The van der Waals surface area contributed by atoms with Gasteiger partial charge in [0, 0.05) is 5.02 Å². The first-order valence-electron chi connectivity index (χ1n) is 10.00. The van der Waals surface area contributed by atoms with Crippen molar-refractivity contribution in [3.63, 3.8) is 0 Å². The number of hydrogen-bond acceptors (Lipinski definition) is 0. The third kappa shape index (κ3) is 4.99. The second kappa shape index (κ2) is 8.56. The highest BCUT2D eigenvalue weighted by molar-refractivity contribution is 6.30. The summed E-state index contributed by atoms with van der Waals surface area (Å²) in [6.07, 6.45) is 16.1. The molecule has 2 aliphatic carbocycles. The lowest BCUT2D eigenvalue weighted by atomic mass is 9.72. The minimum Gasteiger partial charge on any atom is -0.0843 e. The molecule has 1 aromatic rings. The summed E-state index contributed by atoms with van der Waals surface area (Å²) in [5.74, 6) is 3.88. The molecule has 0 unspecified atom stereocenters. The highest BCUT2D eigenvalue weighted by atomic mass is 35.5. The molecular weight excluding hydrogens is 300 g/mol. The minimum atomic E-state index is 0.781. The lowest BCUT2D eigenvalue weighted by molar-refractivity contribution is 0.200. The van der Waals surface area contributed by atoms with Gasteiger partial charge >= 0.3 is 0 Å². The van der Waals surface area contributed by atoms with E-state index in [9.17, 15) is 0 Å². The van der Waals surface area contributed by atoms with Gasteiger partial charge in [-0.3, -0.25) is 0 Å². The molecule has 0 atom stereocenters. The first kappa shape index (κ1) is 17.3. The second-order valence-electron chi connectivity index (χ2n) is 8.18. The quantitative estimate of drug-likeness (QED) is 0.520. The molecule has 0 nitrogen and oxygen atoms in total. The number of halogens is 1. The fourth-order valence-corrected chi connectivity index (χ4v) is 5.23. The zero-order chi connectivity index (χ0) is 16.1. The molecule has 0 aliphatic heterocycles. The van der Waals surface area contributed by atoms with Crippen molar-refractivity contribution in [3.05, 3.63) is 34.9 Å². The molecule has 1 aromatic carbocycles. The van der Waals surface area contributed by atoms with E-state index >= 15 is 0 Å². The average molecular weight is 333 g/mol. The summed E-state index contributed by atoms with van der Waals surface area (Å²) in [5, 5.41) is 0.862. The SMILES string of the molecule is CCCC1CCC(CC2CCC(c3ccc(Cl)cc3)CC2)CC1. The molecule has 1 heteroatoms. The van der Waals surface area contributed by atoms with Crippen LogP contribution in [0, 0.1) is 17.8 Å². The maximum Gasteiger partial charge on any atom is 0.0406 e. The van der Waals surface area contributed by atoms with E-state index in [0.717, 1.165) is 28.7 Å².